The van der Waals surface area contributed by atoms with Crippen molar-refractivity contribution in [3.63, 3.8) is 0 Å². The molecule has 0 aliphatic rings. The highest BCUT2D eigenvalue weighted by Gasteiger charge is 2.17. The summed E-state index contributed by atoms with van der Waals surface area (Å²) in [6, 6.07) is 6.89. The number of sulfonamides is 1. The van der Waals surface area contributed by atoms with E-state index in [1.165, 1.54) is 0 Å². The van der Waals surface area contributed by atoms with E-state index in [2.05, 4.69) is 4.72 Å². The van der Waals surface area contributed by atoms with Crippen LogP contribution in [-0.2, 0) is 15.8 Å². The summed E-state index contributed by atoms with van der Waals surface area (Å²) in [6.45, 7) is 5.80. The zero-order valence-corrected chi connectivity index (χ0v) is 13.0. The number of benzene rings is 1. The highest BCUT2D eigenvalue weighted by molar-refractivity contribution is 7.88. The molecule has 0 amide bonds. The van der Waals surface area contributed by atoms with E-state index in [1.807, 2.05) is 20.8 Å². The fourth-order valence-electron chi connectivity index (χ4n) is 1.49. The standard InChI is InChI=1S/C13H20N2O2S2/c1-9(2)10(3)15-19(16,17)8-11-5-4-6-12(7-11)13(14)18/h4-7,9-10,15H,8H2,1-3H3,(H2,14,18). The van der Waals surface area contributed by atoms with Gasteiger partial charge in [0.05, 0.1) is 5.75 Å². The number of hydrogen-bond acceptors (Lipinski definition) is 3. The monoisotopic (exact) mass is 300 g/mol. The van der Waals surface area contributed by atoms with Crippen LogP contribution in [0, 0.1) is 5.92 Å². The Labute approximate surface area is 120 Å². The molecule has 3 N–H and O–H groups in total. The lowest BCUT2D eigenvalue weighted by atomic mass is 10.1. The van der Waals surface area contributed by atoms with Crippen molar-refractivity contribution >= 4 is 27.2 Å². The van der Waals surface area contributed by atoms with Crippen LogP contribution in [0.2, 0.25) is 0 Å². The molecule has 0 heterocycles. The van der Waals surface area contributed by atoms with Crippen LogP contribution in [0.3, 0.4) is 0 Å². The predicted octanol–water partition coefficient (Wildman–Crippen LogP) is 1.78. The Morgan fingerprint density at radius 2 is 2.00 bits per heavy atom. The van der Waals surface area contributed by atoms with Crippen molar-refractivity contribution in [3.05, 3.63) is 35.4 Å². The van der Waals surface area contributed by atoms with E-state index >= 15 is 0 Å². The molecule has 0 aromatic heterocycles. The molecule has 0 saturated heterocycles. The van der Waals surface area contributed by atoms with Crippen molar-refractivity contribution in [2.24, 2.45) is 11.7 Å². The van der Waals surface area contributed by atoms with Crippen molar-refractivity contribution in [1.29, 1.82) is 0 Å². The van der Waals surface area contributed by atoms with Crippen molar-refractivity contribution < 1.29 is 8.42 Å². The fraction of sp³-hybridized carbons (Fsp3) is 0.462. The lowest BCUT2D eigenvalue weighted by molar-refractivity contribution is 0.476. The fourth-order valence-corrected chi connectivity index (χ4v) is 3.16. The van der Waals surface area contributed by atoms with Gasteiger partial charge in [-0.2, -0.15) is 0 Å². The normalized spacial score (nSPS) is 13.5. The largest absolute Gasteiger partial charge is 0.389 e. The average molecular weight is 300 g/mol. The summed E-state index contributed by atoms with van der Waals surface area (Å²) >= 11 is 4.88. The van der Waals surface area contributed by atoms with Gasteiger partial charge in [-0.3, -0.25) is 0 Å². The van der Waals surface area contributed by atoms with Crippen LogP contribution in [0.15, 0.2) is 24.3 Å². The minimum atomic E-state index is -3.36. The summed E-state index contributed by atoms with van der Waals surface area (Å²) in [5.74, 6) is 0.179. The molecule has 4 nitrogen and oxygen atoms in total. The maximum absolute atomic E-state index is 12.0. The lowest BCUT2D eigenvalue weighted by Crippen LogP contribution is -2.36. The molecule has 0 fully saturated rings. The van der Waals surface area contributed by atoms with Crippen LogP contribution in [0.5, 0.6) is 0 Å². The maximum atomic E-state index is 12.0. The Hall–Kier alpha value is -0.980. The predicted molar refractivity (Wildman–Crippen MR) is 82.4 cm³/mol. The van der Waals surface area contributed by atoms with Crippen LogP contribution in [0.25, 0.3) is 0 Å². The Morgan fingerprint density at radius 1 is 1.37 bits per heavy atom. The van der Waals surface area contributed by atoms with Gasteiger partial charge in [0.25, 0.3) is 0 Å². The van der Waals surface area contributed by atoms with E-state index < -0.39 is 10.0 Å². The first kappa shape index (κ1) is 16.1. The van der Waals surface area contributed by atoms with Crippen LogP contribution < -0.4 is 10.5 Å². The van der Waals surface area contributed by atoms with Crippen LogP contribution in [0.1, 0.15) is 31.9 Å². The third-order valence-electron chi connectivity index (χ3n) is 2.93. The van der Waals surface area contributed by atoms with E-state index in [9.17, 15) is 8.42 Å². The first-order chi connectivity index (χ1) is 8.71. The lowest BCUT2D eigenvalue weighted by Gasteiger charge is -2.17. The van der Waals surface area contributed by atoms with Gasteiger partial charge < -0.3 is 5.73 Å². The molecule has 0 saturated carbocycles. The van der Waals surface area contributed by atoms with Gasteiger partial charge in [0.15, 0.2) is 0 Å². The molecule has 6 heteroatoms. The van der Waals surface area contributed by atoms with Crippen molar-refractivity contribution in [3.8, 4) is 0 Å². The second-order valence-electron chi connectivity index (χ2n) is 4.97. The van der Waals surface area contributed by atoms with Gasteiger partial charge >= 0.3 is 0 Å². The average Bonchev–Trinajstić information content (AvgIpc) is 2.27. The number of thiocarbonyl (C=S) groups is 1. The quantitative estimate of drug-likeness (QED) is 0.786. The van der Waals surface area contributed by atoms with Gasteiger partial charge in [0, 0.05) is 11.6 Å². The van der Waals surface area contributed by atoms with Gasteiger partial charge in [-0.1, -0.05) is 44.3 Å². The number of rotatable bonds is 6. The molecular formula is C13H20N2O2S2. The highest BCUT2D eigenvalue weighted by Crippen LogP contribution is 2.10. The SMILES string of the molecule is CC(C)C(C)NS(=O)(=O)Cc1cccc(C(N)=S)c1. The minimum absolute atomic E-state index is 0.0689. The molecule has 106 valence electrons. The van der Waals surface area contributed by atoms with Crippen LogP contribution >= 0.6 is 12.2 Å². The second-order valence-corrected chi connectivity index (χ2v) is 7.17. The highest BCUT2D eigenvalue weighted by atomic mass is 32.2. The smallest absolute Gasteiger partial charge is 0.216 e. The second kappa shape index (κ2) is 6.45. The molecule has 19 heavy (non-hydrogen) atoms. The zero-order chi connectivity index (χ0) is 14.6. The Kier molecular flexibility index (Phi) is 5.46. The van der Waals surface area contributed by atoms with Gasteiger partial charge in [-0.15, -0.1) is 0 Å². The molecule has 0 radical (unpaired) electrons. The van der Waals surface area contributed by atoms with E-state index in [4.69, 9.17) is 18.0 Å². The molecule has 1 aromatic rings. The summed E-state index contributed by atoms with van der Waals surface area (Å²) in [6.07, 6.45) is 0. The zero-order valence-electron chi connectivity index (χ0n) is 11.4. The first-order valence-corrected chi connectivity index (χ1v) is 8.16. The van der Waals surface area contributed by atoms with Crippen molar-refractivity contribution in [1.82, 2.24) is 4.72 Å². The van der Waals surface area contributed by atoms with E-state index in [0.717, 1.165) is 0 Å². The number of nitrogens with one attached hydrogen (secondary N) is 1. The Morgan fingerprint density at radius 3 is 2.53 bits per heavy atom. The maximum Gasteiger partial charge on any atom is 0.216 e. The first-order valence-electron chi connectivity index (χ1n) is 6.10. The van der Waals surface area contributed by atoms with Crippen molar-refractivity contribution in [2.75, 3.05) is 0 Å². The molecule has 1 unspecified atom stereocenters. The van der Waals surface area contributed by atoms with E-state index in [1.54, 1.807) is 24.3 Å². The molecule has 0 aliphatic carbocycles. The molecule has 0 aliphatic heterocycles. The summed E-state index contributed by atoms with van der Waals surface area (Å²) in [7, 11) is -3.36. The van der Waals surface area contributed by atoms with E-state index in [-0.39, 0.29) is 22.7 Å². The van der Waals surface area contributed by atoms with Gasteiger partial charge in [0.2, 0.25) is 10.0 Å². The van der Waals surface area contributed by atoms with Crippen molar-refractivity contribution in [2.45, 2.75) is 32.6 Å². The number of hydrogen-bond donors (Lipinski definition) is 2. The minimum Gasteiger partial charge on any atom is -0.389 e. The van der Waals surface area contributed by atoms with Crippen LogP contribution in [0.4, 0.5) is 0 Å². The molecule has 0 bridgehead atoms. The molecule has 1 atom stereocenters. The molecule has 0 spiro atoms. The Bertz CT molecular complexity index is 554. The van der Waals surface area contributed by atoms with Gasteiger partial charge in [-0.25, -0.2) is 13.1 Å². The third kappa shape index (κ3) is 5.26. The third-order valence-corrected chi connectivity index (χ3v) is 4.61. The summed E-state index contributed by atoms with van der Waals surface area (Å²) in [5.41, 5.74) is 6.89. The van der Waals surface area contributed by atoms with Gasteiger partial charge in [0.1, 0.15) is 4.99 Å². The molecule has 1 rings (SSSR count). The molecule has 1 aromatic carbocycles. The summed E-state index contributed by atoms with van der Waals surface area (Å²) in [5, 5.41) is 0. The van der Waals surface area contributed by atoms with E-state index in [0.29, 0.717) is 11.1 Å². The molecular weight excluding hydrogens is 280 g/mol. The van der Waals surface area contributed by atoms with Gasteiger partial charge in [-0.05, 0) is 24.5 Å². The summed E-state index contributed by atoms with van der Waals surface area (Å²) in [4.78, 5) is 0.266. The Balaban J connectivity index is 2.84. The topological polar surface area (TPSA) is 72.2 Å². The summed E-state index contributed by atoms with van der Waals surface area (Å²) < 4.78 is 26.7. The van der Waals surface area contributed by atoms with Crippen LogP contribution in [-0.4, -0.2) is 19.4 Å². The number of nitrogens with two attached hydrogens (primary N) is 1.